The topological polar surface area (TPSA) is 97.6 Å². The molecule has 0 bridgehead atoms. The summed E-state index contributed by atoms with van der Waals surface area (Å²) in [5.41, 5.74) is 2.30. The predicted molar refractivity (Wildman–Crippen MR) is 132 cm³/mol. The summed E-state index contributed by atoms with van der Waals surface area (Å²) in [4.78, 5) is 28.2. The summed E-state index contributed by atoms with van der Waals surface area (Å²) in [6.07, 6.45) is 0. The zero-order valence-electron chi connectivity index (χ0n) is 18.4. The minimum Gasteiger partial charge on any atom is -0.451 e. The van der Waals surface area contributed by atoms with Gasteiger partial charge in [0.2, 0.25) is 0 Å². The first-order valence-corrected chi connectivity index (χ1v) is 12.6. The van der Waals surface area contributed by atoms with Crippen LogP contribution in [0.25, 0.3) is 11.0 Å². The van der Waals surface area contributed by atoms with E-state index in [2.05, 4.69) is 15.5 Å². The molecule has 0 atom stereocenters. The van der Waals surface area contributed by atoms with E-state index in [1.165, 1.54) is 23.1 Å². The Morgan fingerprint density at radius 2 is 1.85 bits per heavy atom. The van der Waals surface area contributed by atoms with Gasteiger partial charge in [-0.15, -0.1) is 10.2 Å². The van der Waals surface area contributed by atoms with Crippen LogP contribution in [-0.2, 0) is 10.5 Å². The molecular weight excluding hydrogens is 472 g/mol. The van der Waals surface area contributed by atoms with Gasteiger partial charge in [-0.25, -0.2) is 0 Å². The van der Waals surface area contributed by atoms with Crippen LogP contribution in [0.15, 0.2) is 57.3 Å². The number of thioether (sulfide) groups is 1. The number of ether oxygens (including phenoxy) is 1. The molecule has 8 nitrogen and oxygen atoms in total. The molecule has 2 aromatic heterocycles. The molecule has 0 spiro atoms. The Morgan fingerprint density at radius 1 is 1.09 bits per heavy atom. The first kappa shape index (κ1) is 22.6. The molecule has 34 heavy (non-hydrogen) atoms. The van der Waals surface area contributed by atoms with Gasteiger partial charge in [0.15, 0.2) is 10.1 Å². The quantitative estimate of drug-likeness (QED) is 0.391. The number of aromatic nitrogens is 2. The maximum atomic E-state index is 13.4. The van der Waals surface area contributed by atoms with Crippen LogP contribution in [0.4, 0.5) is 5.69 Å². The van der Waals surface area contributed by atoms with Gasteiger partial charge in [-0.3, -0.25) is 9.59 Å². The number of rotatable bonds is 6. The molecule has 1 aliphatic rings. The fourth-order valence-corrected chi connectivity index (χ4v) is 5.63. The van der Waals surface area contributed by atoms with Crippen molar-refractivity contribution in [1.82, 2.24) is 15.1 Å². The summed E-state index contributed by atoms with van der Waals surface area (Å²) in [5.74, 6) is 0.195. The molecule has 5 rings (SSSR count). The van der Waals surface area contributed by atoms with Crippen molar-refractivity contribution in [3.63, 3.8) is 0 Å². The van der Waals surface area contributed by atoms with Crippen LogP contribution in [0.1, 0.15) is 31.5 Å². The molecule has 1 fully saturated rings. The molecule has 4 aromatic rings. The molecule has 0 unspecified atom stereocenters. The van der Waals surface area contributed by atoms with Crippen molar-refractivity contribution in [3.05, 3.63) is 70.4 Å². The fourth-order valence-electron chi connectivity index (χ4n) is 3.79. The third kappa shape index (κ3) is 4.70. The average molecular weight is 495 g/mol. The van der Waals surface area contributed by atoms with E-state index >= 15 is 0 Å². The molecule has 1 N–H and O–H groups in total. The van der Waals surface area contributed by atoms with Crippen LogP contribution < -0.4 is 5.32 Å². The molecular formula is C24H22N4O4S2. The van der Waals surface area contributed by atoms with E-state index in [0.717, 1.165) is 20.3 Å². The van der Waals surface area contributed by atoms with Gasteiger partial charge in [0.1, 0.15) is 10.6 Å². The lowest BCUT2D eigenvalue weighted by Gasteiger charge is -2.27. The van der Waals surface area contributed by atoms with Crippen LogP contribution >= 0.6 is 23.1 Å². The van der Waals surface area contributed by atoms with Crippen LogP contribution in [0.5, 0.6) is 0 Å². The number of amides is 2. The number of fused-ring (bicyclic) bond motifs is 1. The summed E-state index contributed by atoms with van der Waals surface area (Å²) in [6, 6.07) is 14.6. The van der Waals surface area contributed by atoms with E-state index in [-0.39, 0.29) is 11.7 Å². The Morgan fingerprint density at radius 3 is 2.65 bits per heavy atom. The van der Waals surface area contributed by atoms with Gasteiger partial charge in [-0.05, 0) is 25.1 Å². The number of hydrogen-bond acceptors (Lipinski definition) is 8. The maximum absolute atomic E-state index is 13.4. The summed E-state index contributed by atoms with van der Waals surface area (Å²) in [6.45, 7) is 3.97. The van der Waals surface area contributed by atoms with Crippen LogP contribution in [0.2, 0.25) is 0 Å². The first-order valence-electron chi connectivity index (χ1n) is 10.8. The Balaban J connectivity index is 1.42. The Kier molecular flexibility index (Phi) is 6.61. The van der Waals surface area contributed by atoms with Gasteiger partial charge >= 0.3 is 0 Å². The highest BCUT2D eigenvalue weighted by Gasteiger charge is 2.25. The highest BCUT2D eigenvalue weighted by Crippen LogP contribution is 2.33. The number of furan rings is 1. The number of morpholine rings is 1. The Bertz CT molecular complexity index is 1340. The van der Waals surface area contributed by atoms with E-state index in [9.17, 15) is 9.59 Å². The van der Waals surface area contributed by atoms with Crippen molar-refractivity contribution in [2.75, 3.05) is 31.6 Å². The third-order valence-electron chi connectivity index (χ3n) is 5.46. The number of nitrogens with zero attached hydrogens (tertiary/aromatic N) is 3. The molecule has 2 amide bonds. The van der Waals surface area contributed by atoms with E-state index in [0.29, 0.717) is 48.9 Å². The van der Waals surface area contributed by atoms with Gasteiger partial charge in [0.25, 0.3) is 11.8 Å². The third-order valence-corrected chi connectivity index (χ3v) is 7.45. The molecule has 0 radical (unpaired) electrons. The number of carbonyl (C=O) groups excluding carboxylic acids is 2. The van der Waals surface area contributed by atoms with Gasteiger partial charge in [-0.2, -0.15) is 0 Å². The standard InChI is InChI=1S/C24H22N4O4S2/c1-15-26-27-24(34-15)33-14-18-16-6-3-5-9-20(16)32-21(18)22(29)25-19-8-4-2-7-17(19)23(30)28-10-12-31-13-11-28/h2-9H,10-14H2,1H3,(H,25,29). The number of aryl methyl sites for hydroxylation is 1. The number of nitrogens with one attached hydrogen (secondary N) is 1. The van der Waals surface area contributed by atoms with Gasteiger partial charge in [0.05, 0.1) is 24.5 Å². The van der Waals surface area contributed by atoms with Crippen molar-refractivity contribution in [1.29, 1.82) is 0 Å². The number of hydrogen-bond donors (Lipinski definition) is 1. The van der Waals surface area contributed by atoms with E-state index in [1.807, 2.05) is 31.2 Å². The SMILES string of the molecule is Cc1nnc(SCc2c(C(=O)Nc3ccccc3C(=O)N3CCOCC3)oc3ccccc23)s1. The molecule has 174 valence electrons. The van der Waals surface area contributed by atoms with E-state index in [1.54, 1.807) is 29.2 Å². The Labute approximate surface area is 204 Å². The fraction of sp³-hybridized carbons (Fsp3) is 0.250. The minimum absolute atomic E-state index is 0.133. The normalized spacial score (nSPS) is 13.9. The summed E-state index contributed by atoms with van der Waals surface area (Å²) >= 11 is 3.02. The van der Waals surface area contributed by atoms with Crippen LogP contribution in [-0.4, -0.2) is 53.2 Å². The number of benzene rings is 2. The molecule has 0 saturated carbocycles. The molecule has 2 aromatic carbocycles. The smallest absolute Gasteiger partial charge is 0.291 e. The maximum Gasteiger partial charge on any atom is 0.291 e. The number of carbonyl (C=O) groups is 2. The molecule has 0 aliphatic carbocycles. The monoisotopic (exact) mass is 494 g/mol. The summed E-state index contributed by atoms with van der Waals surface area (Å²) < 4.78 is 12.2. The molecule has 3 heterocycles. The number of para-hydroxylation sites is 2. The zero-order chi connectivity index (χ0) is 23.5. The van der Waals surface area contributed by atoms with Gasteiger partial charge in [0, 0.05) is 29.8 Å². The average Bonchev–Trinajstić information content (AvgIpc) is 3.46. The van der Waals surface area contributed by atoms with Gasteiger partial charge in [-0.1, -0.05) is 53.4 Å². The van der Waals surface area contributed by atoms with E-state index in [4.69, 9.17) is 9.15 Å². The first-order chi connectivity index (χ1) is 16.6. The minimum atomic E-state index is -0.400. The lowest BCUT2D eigenvalue weighted by Crippen LogP contribution is -2.41. The lowest BCUT2D eigenvalue weighted by molar-refractivity contribution is 0.0303. The summed E-state index contributed by atoms with van der Waals surface area (Å²) in [5, 5.41) is 12.9. The molecule has 10 heteroatoms. The summed E-state index contributed by atoms with van der Waals surface area (Å²) in [7, 11) is 0. The largest absolute Gasteiger partial charge is 0.451 e. The second-order valence-electron chi connectivity index (χ2n) is 7.69. The number of anilines is 1. The second kappa shape index (κ2) is 9.96. The van der Waals surface area contributed by atoms with Crippen LogP contribution in [0.3, 0.4) is 0 Å². The van der Waals surface area contributed by atoms with Crippen molar-refractivity contribution in [2.45, 2.75) is 17.0 Å². The van der Waals surface area contributed by atoms with Crippen LogP contribution in [0, 0.1) is 6.92 Å². The highest BCUT2D eigenvalue weighted by molar-refractivity contribution is 8.00. The van der Waals surface area contributed by atoms with Crippen molar-refractivity contribution < 1.29 is 18.7 Å². The van der Waals surface area contributed by atoms with E-state index < -0.39 is 5.91 Å². The lowest BCUT2D eigenvalue weighted by atomic mass is 10.1. The molecule has 1 aliphatic heterocycles. The highest BCUT2D eigenvalue weighted by atomic mass is 32.2. The molecule has 1 saturated heterocycles. The second-order valence-corrected chi connectivity index (χ2v) is 10.1. The predicted octanol–water partition coefficient (Wildman–Crippen LogP) is 4.61. The Hall–Kier alpha value is -3.21. The van der Waals surface area contributed by atoms with Crippen molar-refractivity contribution in [3.8, 4) is 0 Å². The van der Waals surface area contributed by atoms with Gasteiger partial charge < -0.3 is 19.4 Å². The van der Waals surface area contributed by atoms with Crippen molar-refractivity contribution >= 4 is 51.6 Å². The van der Waals surface area contributed by atoms with Crippen molar-refractivity contribution in [2.24, 2.45) is 0 Å². The zero-order valence-corrected chi connectivity index (χ0v) is 20.1.